The molecule has 1 aromatic carbocycles. The van der Waals surface area contributed by atoms with Gasteiger partial charge >= 0.3 is 5.97 Å². The Labute approximate surface area is 116 Å². The van der Waals surface area contributed by atoms with Crippen molar-refractivity contribution in [3.05, 3.63) is 46.1 Å². The summed E-state index contributed by atoms with van der Waals surface area (Å²) in [5, 5.41) is 25.2. The molecule has 0 atom stereocenters. The fraction of sp³-hybridized carbons (Fsp3) is 0. The number of rotatable bonds is 3. The second kappa shape index (κ2) is 5.46. The zero-order chi connectivity index (χ0) is 13.8. The molecule has 0 saturated heterocycles. The van der Waals surface area contributed by atoms with E-state index in [1.54, 1.807) is 6.07 Å². The maximum atomic E-state index is 11.1. The number of nitrogens with zero attached hydrogens (tertiary/aromatic N) is 3. The summed E-state index contributed by atoms with van der Waals surface area (Å²) in [6, 6.07) is 7.78. The summed E-state index contributed by atoms with van der Waals surface area (Å²) in [5.41, 5.74) is 0.143. The van der Waals surface area contributed by atoms with Gasteiger partial charge in [-0.1, -0.05) is 15.9 Å². The molecule has 1 heterocycles. The highest BCUT2D eigenvalue weighted by Gasteiger charge is 2.15. The van der Waals surface area contributed by atoms with Crippen LogP contribution in [0.4, 0.5) is 0 Å². The van der Waals surface area contributed by atoms with E-state index in [1.807, 2.05) is 6.07 Å². The molecule has 0 saturated carbocycles. The zero-order valence-electron chi connectivity index (χ0n) is 9.37. The van der Waals surface area contributed by atoms with Crippen LogP contribution in [0.25, 0.3) is 0 Å². The van der Waals surface area contributed by atoms with Gasteiger partial charge in [-0.3, -0.25) is 0 Å². The van der Waals surface area contributed by atoms with E-state index in [-0.39, 0.29) is 22.8 Å². The number of hydrogen-bond donors (Lipinski definition) is 1. The lowest BCUT2D eigenvalue weighted by atomic mass is 10.2. The summed E-state index contributed by atoms with van der Waals surface area (Å²) in [7, 11) is 0. The van der Waals surface area contributed by atoms with Crippen LogP contribution in [0.2, 0.25) is 0 Å². The first kappa shape index (κ1) is 13.0. The Morgan fingerprint density at radius 3 is 2.89 bits per heavy atom. The van der Waals surface area contributed by atoms with E-state index in [9.17, 15) is 4.79 Å². The van der Waals surface area contributed by atoms with Gasteiger partial charge in [-0.2, -0.15) is 10.4 Å². The highest BCUT2D eigenvalue weighted by atomic mass is 79.9. The predicted octanol–water partition coefficient (Wildman–Crippen LogP) is 2.60. The van der Waals surface area contributed by atoms with Gasteiger partial charge in [0.1, 0.15) is 22.9 Å². The maximum absolute atomic E-state index is 11.1. The molecule has 0 spiro atoms. The van der Waals surface area contributed by atoms with Crippen LogP contribution in [0.1, 0.15) is 15.9 Å². The van der Waals surface area contributed by atoms with E-state index in [2.05, 4.69) is 26.1 Å². The Morgan fingerprint density at radius 1 is 1.42 bits per heavy atom. The van der Waals surface area contributed by atoms with Gasteiger partial charge in [-0.15, -0.1) is 5.10 Å². The van der Waals surface area contributed by atoms with Crippen molar-refractivity contribution in [1.29, 1.82) is 5.26 Å². The van der Waals surface area contributed by atoms with Crippen molar-refractivity contribution >= 4 is 21.9 Å². The molecule has 6 nitrogen and oxygen atoms in total. The molecule has 0 aliphatic heterocycles. The van der Waals surface area contributed by atoms with E-state index in [0.29, 0.717) is 4.47 Å². The van der Waals surface area contributed by atoms with Crippen LogP contribution >= 0.6 is 15.9 Å². The Balaban J connectivity index is 2.46. The number of aromatic carboxylic acids is 1. The van der Waals surface area contributed by atoms with Gasteiger partial charge in [0.25, 0.3) is 5.88 Å². The van der Waals surface area contributed by atoms with E-state index < -0.39 is 5.97 Å². The molecule has 0 unspecified atom stereocenters. The maximum Gasteiger partial charge on any atom is 0.339 e. The third-order valence-corrected chi connectivity index (χ3v) is 2.68. The van der Waals surface area contributed by atoms with Gasteiger partial charge < -0.3 is 9.84 Å². The molecule has 0 bridgehead atoms. The van der Waals surface area contributed by atoms with Crippen molar-refractivity contribution in [2.45, 2.75) is 0 Å². The van der Waals surface area contributed by atoms with Crippen LogP contribution < -0.4 is 4.74 Å². The van der Waals surface area contributed by atoms with Crippen LogP contribution in [0, 0.1) is 11.3 Å². The number of halogens is 1. The highest BCUT2D eigenvalue weighted by molar-refractivity contribution is 9.10. The van der Waals surface area contributed by atoms with Gasteiger partial charge in [0, 0.05) is 4.47 Å². The van der Waals surface area contributed by atoms with Crippen LogP contribution in [0.3, 0.4) is 0 Å². The minimum Gasteiger partial charge on any atom is -0.478 e. The number of hydrogen-bond acceptors (Lipinski definition) is 5. The summed E-state index contributed by atoms with van der Waals surface area (Å²) in [4.78, 5) is 11.1. The van der Waals surface area contributed by atoms with Gasteiger partial charge in [-0.05, 0) is 24.3 Å². The normalized spacial score (nSPS) is 9.68. The predicted molar refractivity (Wildman–Crippen MR) is 67.9 cm³/mol. The van der Waals surface area contributed by atoms with E-state index in [4.69, 9.17) is 15.1 Å². The van der Waals surface area contributed by atoms with Crippen LogP contribution in [-0.4, -0.2) is 21.3 Å². The van der Waals surface area contributed by atoms with Crippen LogP contribution in [0.15, 0.2) is 34.9 Å². The van der Waals surface area contributed by atoms with Gasteiger partial charge in [0.2, 0.25) is 0 Å². The second-order valence-electron chi connectivity index (χ2n) is 3.41. The third-order valence-electron chi connectivity index (χ3n) is 2.19. The first-order valence-electron chi connectivity index (χ1n) is 5.04. The molecule has 0 radical (unpaired) electrons. The highest BCUT2D eigenvalue weighted by Crippen LogP contribution is 2.28. The van der Waals surface area contributed by atoms with Crippen LogP contribution in [-0.2, 0) is 0 Å². The molecule has 0 aliphatic rings. The molecule has 1 N–H and O–H groups in total. The number of ether oxygens (including phenoxy) is 1. The second-order valence-corrected chi connectivity index (χ2v) is 4.33. The largest absolute Gasteiger partial charge is 0.478 e. The molecule has 2 aromatic rings. The lowest BCUT2D eigenvalue weighted by Gasteiger charge is -2.08. The number of aromatic nitrogens is 2. The van der Waals surface area contributed by atoms with Crippen molar-refractivity contribution in [2.75, 3.05) is 0 Å². The average Bonchev–Trinajstić information content (AvgIpc) is 2.39. The van der Waals surface area contributed by atoms with Crippen LogP contribution in [0.5, 0.6) is 11.6 Å². The summed E-state index contributed by atoms with van der Waals surface area (Å²) in [6.45, 7) is 0. The van der Waals surface area contributed by atoms with Gasteiger partial charge in [0.15, 0.2) is 0 Å². The number of carboxylic acids is 1. The topological polar surface area (TPSA) is 96.1 Å². The third kappa shape index (κ3) is 2.86. The fourth-order valence-corrected chi connectivity index (χ4v) is 1.68. The molecule has 0 aliphatic carbocycles. The first-order chi connectivity index (χ1) is 9.11. The number of benzene rings is 1. The first-order valence-corrected chi connectivity index (χ1v) is 5.83. The molecule has 0 amide bonds. The van der Waals surface area contributed by atoms with Gasteiger partial charge in [-0.25, -0.2) is 4.79 Å². The fourth-order valence-electron chi connectivity index (χ4n) is 1.34. The summed E-state index contributed by atoms with van der Waals surface area (Å²) in [5.74, 6) is -1.09. The summed E-state index contributed by atoms with van der Waals surface area (Å²) in [6.07, 6.45) is 1.35. The molecule has 19 heavy (non-hydrogen) atoms. The minimum atomic E-state index is -1.13. The van der Waals surface area contributed by atoms with E-state index >= 15 is 0 Å². The number of carbonyl (C=O) groups is 1. The van der Waals surface area contributed by atoms with Crippen molar-refractivity contribution in [1.82, 2.24) is 10.2 Å². The number of nitriles is 1. The molecular formula is C12H6BrN3O3. The SMILES string of the molecule is N#Cc1ccnnc1Oc1cc(Br)ccc1C(=O)O. The molecule has 7 heteroatoms. The molecule has 0 fully saturated rings. The zero-order valence-corrected chi connectivity index (χ0v) is 11.0. The Kier molecular flexibility index (Phi) is 3.73. The van der Waals surface area contributed by atoms with E-state index in [0.717, 1.165) is 0 Å². The molecule has 2 rings (SSSR count). The smallest absolute Gasteiger partial charge is 0.339 e. The lowest BCUT2D eigenvalue weighted by molar-refractivity contribution is 0.0694. The Hall–Kier alpha value is -2.46. The average molecular weight is 320 g/mol. The lowest BCUT2D eigenvalue weighted by Crippen LogP contribution is -2.02. The number of carboxylic acid groups (broad SMARTS) is 1. The molecule has 1 aromatic heterocycles. The Morgan fingerprint density at radius 2 is 2.21 bits per heavy atom. The Bertz CT molecular complexity index is 682. The van der Waals surface area contributed by atoms with Crippen molar-refractivity contribution in [3.63, 3.8) is 0 Å². The standard InChI is InChI=1S/C12H6BrN3O3/c13-8-1-2-9(12(17)18)10(5-8)19-11-7(6-14)3-4-15-16-11/h1-5H,(H,17,18). The molecule has 94 valence electrons. The molecular weight excluding hydrogens is 314 g/mol. The van der Waals surface area contributed by atoms with Gasteiger partial charge in [0.05, 0.1) is 6.20 Å². The quantitative estimate of drug-likeness (QED) is 0.934. The minimum absolute atomic E-state index is 0.0299. The van der Waals surface area contributed by atoms with Crippen molar-refractivity contribution < 1.29 is 14.6 Å². The van der Waals surface area contributed by atoms with Crippen molar-refractivity contribution in [2.24, 2.45) is 0 Å². The monoisotopic (exact) mass is 319 g/mol. The van der Waals surface area contributed by atoms with E-state index in [1.165, 1.54) is 24.4 Å². The summed E-state index contributed by atoms with van der Waals surface area (Å²) < 4.78 is 6.01. The van der Waals surface area contributed by atoms with Crippen molar-refractivity contribution in [3.8, 4) is 17.7 Å². The summed E-state index contributed by atoms with van der Waals surface area (Å²) >= 11 is 3.22.